The first-order valence-electron chi connectivity index (χ1n) is 7.83. The van der Waals surface area contributed by atoms with Crippen LogP contribution in [0, 0.1) is 0 Å². The maximum atomic E-state index is 13.0. The van der Waals surface area contributed by atoms with E-state index >= 15 is 0 Å². The summed E-state index contributed by atoms with van der Waals surface area (Å²) < 4.78 is 10.8. The van der Waals surface area contributed by atoms with Crippen LogP contribution in [0.25, 0.3) is 0 Å². The van der Waals surface area contributed by atoms with Gasteiger partial charge in [0.15, 0.2) is 0 Å². The predicted molar refractivity (Wildman–Crippen MR) is 85.9 cm³/mol. The lowest BCUT2D eigenvalue weighted by molar-refractivity contribution is -0.158. The van der Waals surface area contributed by atoms with Gasteiger partial charge in [0.25, 0.3) is 5.91 Å². The van der Waals surface area contributed by atoms with Crippen LogP contribution in [0.2, 0.25) is 0 Å². The van der Waals surface area contributed by atoms with Crippen molar-refractivity contribution in [2.24, 2.45) is 0 Å². The highest BCUT2D eigenvalue weighted by atomic mass is 16.5. The summed E-state index contributed by atoms with van der Waals surface area (Å²) in [5, 5.41) is 3.28. The molecule has 2 rings (SSSR count). The molecule has 1 aliphatic heterocycles. The molecule has 1 aromatic carbocycles. The number of nitrogens with zero attached hydrogens (tertiary/aromatic N) is 1. The van der Waals surface area contributed by atoms with Gasteiger partial charge in [0, 0.05) is 20.2 Å². The third-order valence-corrected chi connectivity index (χ3v) is 4.39. The average molecular weight is 306 g/mol. The Labute approximate surface area is 132 Å². The van der Waals surface area contributed by atoms with Crippen LogP contribution < -0.4 is 10.1 Å². The van der Waals surface area contributed by atoms with Crippen molar-refractivity contribution in [3.63, 3.8) is 0 Å². The second kappa shape index (κ2) is 7.61. The maximum Gasteiger partial charge on any atom is 0.255 e. The molecule has 5 nitrogen and oxygen atoms in total. The lowest BCUT2D eigenvalue weighted by atomic mass is 9.90. The van der Waals surface area contributed by atoms with Gasteiger partial charge in [0.2, 0.25) is 0 Å². The molecular formula is C17H26N2O3. The van der Waals surface area contributed by atoms with Crippen molar-refractivity contribution in [3.8, 4) is 5.75 Å². The number of methoxy groups -OCH3 is 2. The Morgan fingerprint density at radius 1 is 1.23 bits per heavy atom. The maximum absolute atomic E-state index is 13.0. The van der Waals surface area contributed by atoms with Gasteiger partial charge in [-0.05, 0) is 50.6 Å². The molecule has 0 spiro atoms. The van der Waals surface area contributed by atoms with E-state index < -0.39 is 5.60 Å². The van der Waals surface area contributed by atoms with E-state index in [0.717, 1.165) is 37.2 Å². The number of ether oxygens (including phenoxy) is 2. The van der Waals surface area contributed by atoms with Gasteiger partial charge in [-0.1, -0.05) is 12.1 Å². The summed E-state index contributed by atoms with van der Waals surface area (Å²) in [4.78, 5) is 14.8. The van der Waals surface area contributed by atoms with E-state index in [2.05, 4.69) is 5.32 Å². The SMILES string of the molecule is CCN(Cc1ccc(OC)cc1)C(=O)C1(OC)CCNCC1. The summed E-state index contributed by atoms with van der Waals surface area (Å²) in [5.74, 6) is 0.916. The molecule has 0 radical (unpaired) electrons. The highest BCUT2D eigenvalue weighted by Gasteiger charge is 2.41. The van der Waals surface area contributed by atoms with Crippen LogP contribution in [0.3, 0.4) is 0 Å². The quantitative estimate of drug-likeness (QED) is 0.871. The zero-order valence-electron chi connectivity index (χ0n) is 13.7. The highest BCUT2D eigenvalue weighted by molar-refractivity contribution is 5.85. The van der Waals surface area contributed by atoms with Gasteiger partial charge in [-0.3, -0.25) is 4.79 Å². The van der Waals surface area contributed by atoms with Crippen LogP contribution in [-0.2, 0) is 16.1 Å². The van der Waals surface area contributed by atoms with Crippen molar-refractivity contribution < 1.29 is 14.3 Å². The minimum Gasteiger partial charge on any atom is -0.497 e. The fourth-order valence-electron chi connectivity index (χ4n) is 2.90. The molecule has 0 aromatic heterocycles. The number of carbonyl (C=O) groups excluding carboxylic acids is 1. The smallest absolute Gasteiger partial charge is 0.255 e. The summed E-state index contributed by atoms with van der Waals surface area (Å²) in [6, 6.07) is 7.84. The van der Waals surface area contributed by atoms with Crippen LogP contribution in [0.15, 0.2) is 24.3 Å². The molecule has 0 bridgehead atoms. The van der Waals surface area contributed by atoms with E-state index in [-0.39, 0.29) is 5.91 Å². The Bertz CT molecular complexity index is 481. The Kier molecular flexibility index (Phi) is 5.80. The summed E-state index contributed by atoms with van der Waals surface area (Å²) in [7, 11) is 3.29. The topological polar surface area (TPSA) is 50.8 Å². The van der Waals surface area contributed by atoms with Gasteiger partial charge < -0.3 is 19.7 Å². The van der Waals surface area contributed by atoms with E-state index in [1.165, 1.54) is 0 Å². The fourth-order valence-corrected chi connectivity index (χ4v) is 2.90. The standard InChI is InChI=1S/C17H26N2O3/c1-4-19(13-14-5-7-15(21-2)8-6-14)16(20)17(22-3)9-11-18-12-10-17/h5-8,18H,4,9-13H2,1-3H3. The monoisotopic (exact) mass is 306 g/mol. The first-order chi connectivity index (χ1) is 10.6. The zero-order valence-corrected chi connectivity index (χ0v) is 13.7. The molecule has 22 heavy (non-hydrogen) atoms. The summed E-state index contributed by atoms with van der Waals surface area (Å²) in [6.07, 6.45) is 1.45. The molecule has 1 amide bonds. The Hall–Kier alpha value is -1.59. The molecule has 5 heteroatoms. The number of nitrogens with one attached hydrogen (secondary N) is 1. The molecule has 0 unspecified atom stereocenters. The summed E-state index contributed by atoms with van der Waals surface area (Å²) in [6.45, 7) is 4.91. The Balaban J connectivity index is 2.10. The van der Waals surface area contributed by atoms with Crippen molar-refractivity contribution in [3.05, 3.63) is 29.8 Å². The number of rotatable bonds is 6. The zero-order chi connectivity index (χ0) is 16.0. The summed E-state index contributed by atoms with van der Waals surface area (Å²) in [5.41, 5.74) is 0.421. The van der Waals surface area contributed by atoms with Crippen LogP contribution in [0.1, 0.15) is 25.3 Å². The van der Waals surface area contributed by atoms with Crippen molar-refractivity contribution in [2.75, 3.05) is 33.9 Å². The van der Waals surface area contributed by atoms with Crippen molar-refractivity contribution in [1.82, 2.24) is 10.2 Å². The largest absolute Gasteiger partial charge is 0.497 e. The van der Waals surface area contributed by atoms with Gasteiger partial charge in [0.05, 0.1) is 7.11 Å². The number of hydrogen-bond acceptors (Lipinski definition) is 4. The molecule has 0 aliphatic carbocycles. The number of benzene rings is 1. The van der Waals surface area contributed by atoms with E-state index in [0.29, 0.717) is 13.1 Å². The third kappa shape index (κ3) is 3.59. The lowest BCUT2D eigenvalue weighted by Crippen LogP contribution is -2.55. The molecule has 0 saturated carbocycles. The second-order valence-corrected chi connectivity index (χ2v) is 5.62. The minimum atomic E-state index is -0.673. The lowest BCUT2D eigenvalue weighted by Gasteiger charge is -2.38. The van der Waals surface area contributed by atoms with E-state index in [9.17, 15) is 4.79 Å². The molecule has 1 fully saturated rings. The number of likely N-dealkylation sites (N-methyl/N-ethyl adjacent to an activating group) is 1. The van der Waals surface area contributed by atoms with Crippen LogP contribution in [0.5, 0.6) is 5.75 Å². The number of carbonyl (C=O) groups is 1. The molecule has 1 heterocycles. The van der Waals surface area contributed by atoms with Gasteiger partial charge in [-0.15, -0.1) is 0 Å². The number of amides is 1. The van der Waals surface area contributed by atoms with E-state index in [4.69, 9.17) is 9.47 Å². The molecule has 1 aliphatic rings. The van der Waals surface area contributed by atoms with Crippen LogP contribution in [-0.4, -0.2) is 50.3 Å². The van der Waals surface area contributed by atoms with Crippen molar-refractivity contribution in [2.45, 2.75) is 31.9 Å². The van der Waals surface area contributed by atoms with Crippen molar-refractivity contribution in [1.29, 1.82) is 0 Å². The molecule has 1 N–H and O–H groups in total. The van der Waals surface area contributed by atoms with Crippen molar-refractivity contribution >= 4 is 5.91 Å². The first kappa shape index (κ1) is 16.8. The van der Waals surface area contributed by atoms with Crippen LogP contribution in [0.4, 0.5) is 0 Å². The van der Waals surface area contributed by atoms with Gasteiger partial charge >= 0.3 is 0 Å². The second-order valence-electron chi connectivity index (χ2n) is 5.62. The number of hydrogen-bond donors (Lipinski definition) is 1. The van der Waals surface area contributed by atoms with E-state index in [1.54, 1.807) is 14.2 Å². The number of piperidine rings is 1. The molecule has 1 aromatic rings. The van der Waals surface area contributed by atoms with Gasteiger partial charge in [-0.25, -0.2) is 0 Å². The summed E-state index contributed by atoms with van der Waals surface area (Å²) >= 11 is 0. The van der Waals surface area contributed by atoms with Gasteiger partial charge in [0.1, 0.15) is 11.4 Å². The molecule has 1 saturated heterocycles. The molecule has 122 valence electrons. The Morgan fingerprint density at radius 3 is 2.36 bits per heavy atom. The average Bonchev–Trinajstić information content (AvgIpc) is 2.60. The minimum absolute atomic E-state index is 0.0924. The normalized spacial score (nSPS) is 17.0. The first-order valence-corrected chi connectivity index (χ1v) is 7.83. The van der Waals surface area contributed by atoms with E-state index in [1.807, 2.05) is 36.1 Å². The fraction of sp³-hybridized carbons (Fsp3) is 0.588. The Morgan fingerprint density at radius 2 is 1.86 bits per heavy atom. The third-order valence-electron chi connectivity index (χ3n) is 4.39. The van der Waals surface area contributed by atoms with Crippen LogP contribution >= 0.6 is 0 Å². The highest BCUT2D eigenvalue weighted by Crippen LogP contribution is 2.26. The van der Waals surface area contributed by atoms with Gasteiger partial charge in [-0.2, -0.15) is 0 Å². The molecule has 0 atom stereocenters. The predicted octanol–water partition coefficient (Wildman–Crippen LogP) is 1.81. The molecular weight excluding hydrogens is 280 g/mol.